The Bertz CT molecular complexity index is 324. The second kappa shape index (κ2) is 6.88. The van der Waals surface area contributed by atoms with Crippen molar-refractivity contribution in [3.63, 3.8) is 0 Å². The summed E-state index contributed by atoms with van der Waals surface area (Å²) in [5.41, 5.74) is 0. The smallest absolute Gasteiger partial charge is 0.227 e. The fraction of sp³-hybridized carbons (Fsp3) is 0.857. The molecule has 0 bridgehead atoms. The fourth-order valence-corrected chi connectivity index (χ4v) is 2.89. The van der Waals surface area contributed by atoms with E-state index in [1.807, 2.05) is 0 Å². The zero-order chi connectivity index (χ0) is 12.8. The highest BCUT2D eigenvalue weighted by molar-refractivity contribution is 4.79. The molecular formula is C14H25N3O. The van der Waals surface area contributed by atoms with E-state index < -0.39 is 0 Å². The predicted octanol–water partition coefficient (Wildman–Crippen LogP) is 2.81. The molecule has 2 unspecified atom stereocenters. The Hall–Kier alpha value is -0.900. The van der Waals surface area contributed by atoms with Crippen molar-refractivity contribution in [1.82, 2.24) is 15.5 Å². The molecule has 4 heteroatoms. The van der Waals surface area contributed by atoms with Crippen LogP contribution in [0.3, 0.4) is 0 Å². The van der Waals surface area contributed by atoms with Crippen LogP contribution in [0.25, 0.3) is 0 Å². The molecule has 2 rings (SSSR count). The summed E-state index contributed by atoms with van der Waals surface area (Å²) in [7, 11) is 0. The van der Waals surface area contributed by atoms with Crippen LogP contribution in [0.2, 0.25) is 0 Å². The standard InChI is InChI=1S/C14H25N3O/c1-11(2)12-4-3-5-13(7-6-12)15-9-8-14-16-10-17-18-14/h10-13,15H,3-9H2,1-2H3. The zero-order valence-corrected chi connectivity index (χ0v) is 11.6. The van der Waals surface area contributed by atoms with Gasteiger partial charge in [-0.05, 0) is 31.1 Å². The highest BCUT2D eigenvalue weighted by Gasteiger charge is 2.20. The Morgan fingerprint density at radius 1 is 1.33 bits per heavy atom. The van der Waals surface area contributed by atoms with E-state index in [-0.39, 0.29) is 0 Å². The SMILES string of the molecule is CC(C)C1CCCC(NCCc2ncno2)CC1. The lowest BCUT2D eigenvalue weighted by molar-refractivity contribution is 0.336. The molecule has 0 radical (unpaired) electrons. The number of nitrogens with zero attached hydrogens (tertiary/aromatic N) is 2. The number of hydrogen-bond acceptors (Lipinski definition) is 4. The van der Waals surface area contributed by atoms with Gasteiger partial charge in [-0.1, -0.05) is 31.8 Å². The van der Waals surface area contributed by atoms with Crippen LogP contribution in [0.1, 0.15) is 51.8 Å². The van der Waals surface area contributed by atoms with Gasteiger partial charge in [0.2, 0.25) is 5.89 Å². The van der Waals surface area contributed by atoms with Gasteiger partial charge in [-0.2, -0.15) is 4.98 Å². The fourth-order valence-electron chi connectivity index (χ4n) is 2.89. The first-order chi connectivity index (χ1) is 8.75. The first-order valence-electron chi connectivity index (χ1n) is 7.24. The van der Waals surface area contributed by atoms with Gasteiger partial charge in [-0.25, -0.2) is 0 Å². The lowest BCUT2D eigenvalue weighted by atomic mass is 9.89. The molecule has 1 heterocycles. The van der Waals surface area contributed by atoms with E-state index in [0.29, 0.717) is 6.04 Å². The van der Waals surface area contributed by atoms with Gasteiger partial charge in [0, 0.05) is 19.0 Å². The van der Waals surface area contributed by atoms with E-state index in [4.69, 9.17) is 4.52 Å². The molecule has 1 fully saturated rings. The summed E-state index contributed by atoms with van der Waals surface area (Å²) in [5.74, 6) is 2.49. The molecule has 1 saturated carbocycles. The van der Waals surface area contributed by atoms with E-state index in [9.17, 15) is 0 Å². The maximum atomic E-state index is 4.99. The number of hydrogen-bond donors (Lipinski definition) is 1. The second-order valence-corrected chi connectivity index (χ2v) is 5.75. The monoisotopic (exact) mass is 251 g/mol. The molecule has 0 spiro atoms. The quantitative estimate of drug-likeness (QED) is 0.818. The van der Waals surface area contributed by atoms with Crippen molar-refractivity contribution in [2.45, 2.75) is 58.4 Å². The van der Waals surface area contributed by atoms with Crippen molar-refractivity contribution in [1.29, 1.82) is 0 Å². The maximum Gasteiger partial charge on any atom is 0.227 e. The van der Waals surface area contributed by atoms with Crippen LogP contribution >= 0.6 is 0 Å². The minimum absolute atomic E-state index is 0.677. The molecule has 1 aliphatic carbocycles. The summed E-state index contributed by atoms with van der Waals surface area (Å²) < 4.78 is 4.99. The van der Waals surface area contributed by atoms with Crippen LogP contribution in [0.15, 0.2) is 10.9 Å². The van der Waals surface area contributed by atoms with Crippen LogP contribution in [0, 0.1) is 11.8 Å². The summed E-state index contributed by atoms with van der Waals surface area (Å²) in [4.78, 5) is 4.03. The van der Waals surface area contributed by atoms with Gasteiger partial charge in [-0.3, -0.25) is 0 Å². The van der Waals surface area contributed by atoms with Gasteiger partial charge < -0.3 is 9.84 Å². The predicted molar refractivity (Wildman–Crippen MR) is 71.2 cm³/mol. The summed E-state index contributed by atoms with van der Waals surface area (Å²) in [6.45, 7) is 5.65. The van der Waals surface area contributed by atoms with E-state index in [0.717, 1.165) is 30.7 Å². The molecule has 0 aromatic carbocycles. The Kier molecular flexibility index (Phi) is 5.17. The first kappa shape index (κ1) is 13.5. The van der Waals surface area contributed by atoms with Crippen LogP contribution in [-0.4, -0.2) is 22.7 Å². The zero-order valence-electron chi connectivity index (χ0n) is 11.6. The van der Waals surface area contributed by atoms with Crippen molar-refractivity contribution in [2.24, 2.45) is 11.8 Å². The lowest BCUT2D eigenvalue weighted by Gasteiger charge is -2.19. The van der Waals surface area contributed by atoms with Gasteiger partial charge in [-0.15, -0.1) is 0 Å². The van der Waals surface area contributed by atoms with Crippen molar-refractivity contribution < 1.29 is 4.52 Å². The molecule has 1 aromatic rings. The van der Waals surface area contributed by atoms with Crippen molar-refractivity contribution in [3.05, 3.63) is 12.2 Å². The van der Waals surface area contributed by atoms with Crippen molar-refractivity contribution in [3.8, 4) is 0 Å². The minimum atomic E-state index is 0.677. The number of nitrogens with one attached hydrogen (secondary N) is 1. The van der Waals surface area contributed by atoms with E-state index in [1.54, 1.807) is 0 Å². The normalized spacial score (nSPS) is 25.3. The minimum Gasteiger partial charge on any atom is -0.340 e. The average molecular weight is 251 g/mol. The molecule has 1 aliphatic rings. The molecule has 0 amide bonds. The number of rotatable bonds is 5. The van der Waals surface area contributed by atoms with Crippen LogP contribution in [0.5, 0.6) is 0 Å². The second-order valence-electron chi connectivity index (χ2n) is 5.75. The lowest BCUT2D eigenvalue weighted by Crippen LogP contribution is -2.30. The summed E-state index contributed by atoms with van der Waals surface area (Å²) in [5, 5.41) is 7.25. The van der Waals surface area contributed by atoms with Crippen molar-refractivity contribution >= 4 is 0 Å². The first-order valence-corrected chi connectivity index (χ1v) is 7.24. The molecule has 0 saturated heterocycles. The van der Waals surface area contributed by atoms with E-state index >= 15 is 0 Å². The van der Waals surface area contributed by atoms with E-state index in [2.05, 4.69) is 29.3 Å². The van der Waals surface area contributed by atoms with Gasteiger partial charge in [0.1, 0.15) is 0 Å². The topological polar surface area (TPSA) is 51.0 Å². The molecule has 18 heavy (non-hydrogen) atoms. The maximum absolute atomic E-state index is 4.99. The average Bonchev–Trinajstić information content (AvgIpc) is 2.73. The van der Waals surface area contributed by atoms with Gasteiger partial charge >= 0.3 is 0 Å². The van der Waals surface area contributed by atoms with Crippen LogP contribution < -0.4 is 5.32 Å². The van der Waals surface area contributed by atoms with Gasteiger partial charge in [0.05, 0.1) is 0 Å². The molecular weight excluding hydrogens is 226 g/mol. The summed E-state index contributed by atoms with van der Waals surface area (Å²) >= 11 is 0. The summed E-state index contributed by atoms with van der Waals surface area (Å²) in [6, 6.07) is 0.677. The highest BCUT2D eigenvalue weighted by atomic mass is 16.5. The third-order valence-corrected chi connectivity index (χ3v) is 4.14. The largest absolute Gasteiger partial charge is 0.340 e. The third kappa shape index (κ3) is 4.09. The highest BCUT2D eigenvalue weighted by Crippen LogP contribution is 2.28. The molecule has 1 N–H and O–H groups in total. The Labute approximate surface area is 110 Å². The molecule has 2 atom stereocenters. The van der Waals surface area contributed by atoms with Crippen LogP contribution in [-0.2, 0) is 6.42 Å². The van der Waals surface area contributed by atoms with Crippen molar-refractivity contribution in [2.75, 3.05) is 6.54 Å². The molecule has 1 aromatic heterocycles. The molecule has 4 nitrogen and oxygen atoms in total. The molecule has 102 valence electrons. The van der Waals surface area contributed by atoms with E-state index in [1.165, 1.54) is 38.4 Å². The Morgan fingerprint density at radius 2 is 2.22 bits per heavy atom. The Balaban J connectivity index is 1.67. The van der Waals surface area contributed by atoms with Gasteiger partial charge in [0.25, 0.3) is 0 Å². The van der Waals surface area contributed by atoms with Gasteiger partial charge in [0.15, 0.2) is 6.33 Å². The third-order valence-electron chi connectivity index (χ3n) is 4.14. The Morgan fingerprint density at radius 3 is 2.94 bits per heavy atom. The summed E-state index contributed by atoms with van der Waals surface area (Å²) in [6.07, 6.45) is 9.06. The number of aromatic nitrogens is 2. The van der Waals surface area contributed by atoms with Crippen LogP contribution in [0.4, 0.5) is 0 Å². The molecule has 0 aliphatic heterocycles.